The van der Waals surface area contributed by atoms with Crippen molar-refractivity contribution in [2.75, 3.05) is 33.5 Å². The minimum atomic E-state index is -4.60. The van der Waals surface area contributed by atoms with Gasteiger partial charge in [0.05, 0.1) is 11.1 Å². The zero-order valence-corrected chi connectivity index (χ0v) is 44.4. The van der Waals surface area contributed by atoms with Gasteiger partial charge in [0.1, 0.15) is 24.2 Å². The number of hydrogen-bond donors (Lipinski definition) is 2. The van der Waals surface area contributed by atoms with Gasteiger partial charge in [0.2, 0.25) is 11.8 Å². The van der Waals surface area contributed by atoms with E-state index in [1.54, 1.807) is 0 Å². The number of para-hydroxylation sites is 2. The molecular formula is C58H68F6N6O6. The van der Waals surface area contributed by atoms with Crippen molar-refractivity contribution in [2.24, 2.45) is 0 Å². The van der Waals surface area contributed by atoms with Gasteiger partial charge in [0.25, 0.3) is 11.8 Å². The summed E-state index contributed by atoms with van der Waals surface area (Å²) in [5, 5.41) is 5.88. The molecule has 2 saturated heterocycles. The standard InChI is InChI=1S/2C29H34F3N3O3/c1-18(2)22-12-9-13-23(19(3)4)25(22)33-24(36)17-34-26(37)28(14-6-5-7-15-28)35(27(34)38)21-11-8-10-20(16-21)29(30,31)32;1-18(2)22-9-8-10-23(19(3)4)25(22)33-24(36)17-34-26(37)28(15-6-5-7-16-28)35(27(34)38)21-13-11-20(12-14-21)29(30,31)32/h8-13,16,18-19H,5-7,14-15,17H2,1-4H3,(H,33,36);8-14,18-19H,5-7,15-17H2,1-4H3,(H,33,36). The number of rotatable bonds is 12. The lowest BCUT2D eigenvalue weighted by atomic mass is 9.80. The molecule has 2 heterocycles. The maximum Gasteiger partial charge on any atom is 0.416 e. The van der Waals surface area contributed by atoms with Crippen molar-refractivity contribution in [3.05, 3.63) is 118 Å². The summed E-state index contributed by atoms with van der Waals surface area (Å²) in [7, 11) is 0. The van der Waals surface area contributed by atoms with Crippen LogP contribution in [0.5, 0.6) is 0 Å². The van der Waals surface area contributed by atoms with E-state index < -0.39 is 83.3 Å². The highest BCUT2D eigenvalue weighted by Gasteiger charge is 2.60. The Morgan fingerprint density at radius 3 is 1.16 bits per heavy atom. The van der Waals surface area contributed by atoms with Crippen molar-refractivity contribution in [1.82, 2.24) is 9.80 Å². The van der Waals surface area contributed by atoms with Crippen molar-refractivity contribution in [3.63, 3.8) is 0 Å². The van der Waals surface area contributed by atoms with Crippen LogP contribution in [0.3, 0.4) is 0 Å². The van der Waals surface area contributed by atoms with Crippen LogP contribution in [0, 0.1) is 0 Å². The molecule has 2 spiro atoms. The number of amides is 8. The molecule has 76 heavy (non-hydrogen) atoms. The third-order valence-corrected chi connectivity index (χ3v) is 15.1. The molecule has 8 amide bonds. The van der Waals surface area contributed by atoms with E-state index in [-0.39, 0.29) is 35.0 Å². The molecule has 12 nitrogen and oxygen atoms in total. The molecule has 2 aliphatic carbocycles. The van der Waals surface area contributed by atoms with Gasteiger partial charge in [-0.15, -0.1) is 0 Å². The fourth-order valence-corrected chi connectivity index (χ4v) is 11.3. The first-order valence-corrected chi connectivity index (χ1v) is 26.3. The molecule has 8 rings (SSSR count). The van der Waals surface area contributed by atoms with Crippen LogP contribution >= 0.6 is 0 Å². The lowest BCUT2D eigenvalue weighted by molar-refractivity contribution is -0.138. The highest BCUT2D eigenvalue weighted by atomic mass is 19.4. The van der Waals surface area contributed by atoms with Crippen LogP contribution in [0.15, 0.2) is 84.9 Å². The molecule has 0 aromatic heterocycles. The number of halogens is 6. The molecule has 0 bridgehead atoms. The maximum absolute atomic E-state index is 13.8. The number of hydrogen-bond acceptors (Lipinski definition) is 6. The predicted octanol–water partition coefficient (Wildman–Crippen LogP) is 14.1. The van der Waals surface area contributed by atoms with E-state index >= 15 is 0 Å². The van der Waals surface area contributed by atoms with Gasteiger partial charge in [-0.2, -0.15) is 26.3 Å². The summed E-state index contributed by atoms with van der Waals surface area (Å²) in [6.07, 6.45) is -3.17. The lowest BCUT2D eigenvalue weighted by Gasteiger charge is -2.38. The number of imide groups is 2. The molecule has 2 aliphatic heterocycles. The fraction of sp³-hybridized carbons (Fsp3) is 0.483. The second-order valence-corrected chi connectivity index (χ2v) is 21.6. The van der Waals surface area contributed by atoms with E-state index in [2.05, 4.69) is 10.6 Å². The summed E-state index contributed by atoms with van der Waals surface area (Å²) in [6.45, 7) is 15.2. The van der Waals surface area contributed by atoms with Crippen LogP contribution in [0.4, 0.5) is 58.7 Å². The molecular weight excluding hydrogens is 991 g/mol. The molecule has 0 atom stereocenters. The van der Waals surface area contributed by atoms with Gasteiger partial charge < -0.3 is 10.6 Å². The number of anilines is 4. The first kappa shape index (κ1) is 57.0. The van der Waals surface area contributed by atoms with Crippen LogP contribution in [-0.2, 0) is 31.5 Å². The Bertz CT molecular complexity index is 2780. The number of benzene rings is 4. The quantitative estimate of drug-likeness (QED) is 0.107. The number of urea groups is 2. The Labute approximate surface area is 440 Å². The van der Waals surface area contributed by atoms with Gasteiger partial charge in [0, 0.05) is 22.7 Å². The van der Waals surface area contributed by atoms with E-state index in [9.17, 15) is 55.1 Å². The van der Waals surface area contributed by atoms with Crippen molar-refractivity contribution >= 4 is 58.4 Å². The highest BCUT2D eigenvalue weighted by molar-refractivity contribution is 6.20. The molecule has 18 heteroatoms. The number of alkyl halides is 6. The van der Waals surface area contributed by atoms with Crippen molar-refractivity contribution in [3.8, 4) is 0 Å². The highest BCUT2D eigenvalue weighted by Crippen LogP contribution is 2.46. The monoisotopic (exact) mass is 1060 g/mol. The maximum atomic E-state index is 13.8. The molecule has 408 valence electrons. The molecule has 0 radical (unpaired) electrons. The molecule has 0 unspecified atom stereocenters. The van der Waals surface area contributed by atoms with Crippen molar-refractivity contribution in [2.45, 2.75) is 167 Å². The Morgan fingerprint density at radius 1 is 0.474 bits per heavy atom. The van der Waals surface area contributed by atoms with Crippen LogP contribution in [0.2, 0.25) is 0 Å². The van der Waals surface area contributed by atoms with Gasteiger partial charge >= 0.3 is 24.4 Å². The summed E-state index contributed by atoms with van der Waals surface area (Å²) < 4.78 is 79.8. The second-order valence-electron chi connectivity index (χ2n) is 21.6. The third kappa shape index (κ3) is 11.4. The topological polar surface area (TPSA) is 139 Å². The molecule has 4 fully saturated rings. The van der Waals surface area contributed by atoms with Gasteiger partial charge in [-0.25, -0.2) is 9.59 Å². The van der Waals surface area contributed by atoms with E-state index in [1.807, 2.05) is 91.8 Å². The zero-order valence-electron chi connectivity index (χ0n) is 44.4. The normalized spacial score (nSPS) is 17.7. The average Bonchev–Trinajstić information content (AvgIpc) is 3.67. The molecule has 2 saturated carbocycles. The van der Waals surface area contributed by atoms with Gasteiger partial charge in [-0.05, 0) is 114 Å². The van der Waals surface area contributed by atoms with Crippen LogP contribution in [0.1, 0.15) is 177 Å². The summed E-state index contributed by atoms with van der Waals surface area (Å²) in [6, 6.07) is 18.9. The lowest BCUT2D eigenvalue weighted by Crippen LogP contribution is -2.51. The Balaban J connectivity index is 0.000000221. The Kier molecular flexibility index (Phi) is 16.9. The van der Waals surface area contributed by atoms with Gasteiger partial charge in [-0.1, -0.05) is 136 Å². The zero-order chi connectivity index (χ0) is 55.7. The first-order valence-electron chi connectivity index (χ1n) is 26.3. The molecule has 4 aromatic carbocycles. The summed E-state index contributed by atoms with van der Waals surface area (Å²) in [5.74, 6) is -1.50. The molecule has 4 aromatic rings. The van der Waals surface area contributed by atoms with Crippen LogP contribution in [-0.4, -0.2) is 69.7 Å². The summed E-state index contributed by atoms with van der Waals surface area (Å²) in [5.41, 5.74) is 1.16. The Morgan fingerprint density at radius 2 is 0.816 bits per heavy atom. The average molecular weight is 1060 g/mol. The molecule has 2 N–H and O–H groups in total. The smallest absolute Gasteiger partial charge is 0.324 e. The number of nitrogens with zero attached hydrogens (tertiary/aromatic N) is 4. The number of nitrogens with one attached hydrogen (secondary N) is 2. The number of carbonyl (C=O) groups excluding carboxylic acids is 6. The van der Waals surface area contributed by atoms with E-state index in [1.165, 1.54) is 34.1 Å². The minimum Gasteiger partial charge on any atom is -0.324 e. The summed E-state index contributed by atoms with van der Waals surface area (Å²) >= 11 is 0. The third-order valence-electron chi connectivity index (χ3n) is 15.1. The second kappa shape index (κ2) is 22.5. The van der Waals surface area contributed by atoms with Gasteiger partial charge in [-0.3, -0.25) is 38.8 Å². The van der Waals surface area contributed by atoms with E-state index in [4.69, 9.17) is 0 Å². The summed E-state index contributed by atoms with van der Waals surface area (Å²) in [4.78, 5) is 85.7. The Hall–Kier alpha value is -6.72. The SMILES string of the molecule is CC(C)c1cccc(C(C)C)c1NC(=O)CN1C(=O)N(c2ccc(C(F)(F)F)cc2)C2(CCCCC2)C1=O.CC(C)c1cccc(C(C)C)c1NC(=O)CN1C(=O)N(c2cccc(C(F)(F)F)c2)C2(CCCCC2)C1=O. The van der Waals surface area contributed by atoms with Crippen LogP contribution < -0.4 is 20.4 Å². The number of carbonyl (C=O) groups is 6. The minimum absolute atomic E-state index is 0.00947. The first-order chi connectivity index (χ1) is 35.7. The van der Waals surface area contributed by atoms with Crippen LogP contribution in [0.25, 0.3) is 0 Å². The fourth-order valence-electron chi connectivity index (χ4n) is 11.3. The van der Waals surface area contributed by atoms with Crippen molar-refractivity contribution in [1.29, 1.82) is 0 Å². The van der Waals surface area contributed by atoms with E-state index in [0.29, 0.717) is 62.7 Å². The largest absolute Gasteiger partial charge is 0.416 e. The van der Waals surface area contributed by atoms with E-state index in [0.717, 1.165) is 69.2 Å². The van der Waals surface area contributed by atoms with Gasteiger partial charge in [0.15, 0.2) is 0 Å². The predicted molar refractivity (Wildman–Crippen MR) is 280 cm³/mol. The van der Waals surface area contributed by atoms with Crippen molar-refractivity contribution < 1.29 is 55.1 Å². The molecule has 4 aliphatic rings.